The minimum atomic E-state index is -1.86. The molecule has 3 fully saturated rings. The first-order chi connectivity index (χ1) is 25.5. The molecule has 0 amide bonds. The van der Waals surface area contributed by atoms with Crippen LogP contribution < -0.4 is 0 Å². The Labute approximate surface area is 326 Å². The zero-order chi connectivity index (χ0) is 41.4. The third kappa shape index (κ3) is 9.35. The van der Waals surface area contributed by atoms with Crippen LogP contribution in [0.5, 0.6) is 0 Å². The second kappa shape index (κ2) is 17.6. The fourth-order valence-corrected chi connectivity index (χ4v) is 9.33. The maximum Gasteiger partial charge on any atom is 0.311 e. The van der Waals surface area contributed by atoms with Gasteiger partial charge in [-0.05, 0) is 81.0 Å². The van der Waals surface area contributed by atoms with Crippen molar-refractivity contribution in [2.45, 2.75) is 186 Å². The molecule has 316 valence electrons. The lowest BCUT2D eigenvalue weighted by atomic mass is 9.78. The van der Waals surface area contributed by atoms with Crippen LogP contribution in [0.15, 0.2) is 11.3 Å². The molecule has 55 heavy (non-hydrogen) atoms. The molecule has 17 atom stereocenters. The highest BCUT2D eigenvalue weighted by molar-refractivity contribution is 5.73. The van der Waals surface area contributed by atoms with Gasteiger partial charge < -0.3 is 57.7 Å². The third-order valence-corrected chi connectivity index (χ3v) is 12.4. The number of hydrogen-bond acceptors (Lipinski definition) is 15. The van der Waals surface area contributed by atoms with Gasteiger partial charge in [-0.25, -0.2) is 0 Å². The van der Waals surface area contributed by atoms with Gasteiger partial charge in [0.2, 0.25) is 0 Å². The minimum absolute atomic E-state index is 0.139. The molecule has 2 bridgehead atoms. The largest absolute Gasteiger partial charge is 0.489 e. The summed E-state index contributed by atoms with van der Waals surface area (Å²) in [5.41, 5.74) is -3.15. The summed E-state index contributed by atoms with van der Waals surface area (Å²) in [4.78, 5) is 40.2. The zero-order valence-corrected chi connectivity index (χ0v) is 35.2. The molecule has 4 heterocycles. The van der Waals surface area contributed by atoms with Gasteiger partial charge in [0.05, 0.1) is 36.4 Å². The van der Waals surface area contributed by atoms with Crippen LogP contribution in [-0.2, 0) is 57.0 Å². The highest BCUT2D eigenvalue weighted by atomic mass is 16.7. The number of carbonyl (C=O) groups is 3. The molecule has 0 aromatic carbocycles. The monoisotopic (exact) mass is 785 g/mol. The number of likely N-dealkylation sites (N-methyl/N-ethyl adjacent to an activating group) is 1. The fraction of sp³-hybridized carbons (Fsp3) is 0.875. The van der Waals surface area contributed by atoms with Crippen LogP contribution in [0.4, 0.5) is 0 Å². The van der Waals surface area contributed by atoms with Gasteiger partial charge in [0.15, 0.2) is 24.8 Å². The molecule has 0 radical (unpaired) electrons. The molecule has 0 aromatic heterocycles. The van der Waals surface area contributed by atoms with Crippen LogP contribution in [0.1, 0.15) is 102 Å². The minimum Gasteiger partial charge on any atom is -0.489 e. The first-order valence-corrected chi connectivity index (χ1v) is 19.6. The predicted molar refractivity (Wildman–Crippen MR) is 198 cm³/mol. The number of esters is 2. The van der Waals surface area contributed by atoms with E-state index in [-0.39, 0.29) is 25.0 Å². The fourth-order valence-electron chi connectivity index (χ4n) is 9.33. The molecule has 15 nitrogen and oxygen atoms in total. The van der Waals surface area contributed by atoms with E-state index in [4.69, 9.17) is 42.6 Å². The number of aliphatic hydroxyl groups is 2. The van der Waals surface area contributed by atoms with Crippen molar-refractivity contribution in [3.8, 4) is 0 Å². The van der Waals surface area contributed by atoms with Gasteiger partial charge in [0.25, 0.3) is 6.47 Å². The van der Waals surface area contributed by atoms with Crippen LogP contribution in [0.25, 0.3) is 0 Å². The van der Waals surface area contributed by atoms with Crippen molar-refractivity contribution in [1.29, 1.82) is 0 Å². The molecule has 0 aromatic rings. The summed E-state index contributed by atoms with van der Waals surface area (Å²) in [5, 5.41) is 23.6. The molecule has 15 heteroatoms. The molecule has 0 aliphatic carbocycles. The molecule has 2 N–H and O–H groups in total. The lowest BCUT2D eigenvalue weighted by molar-refractivity contribution is -0.317. The molecule has 0 saturated carbocycles. The Kier molecular flexibility index (Phi) is 14.5. The third-order valence-electron chi connectivity index (χ3n) is 12.4. The number of methoxy groups -OCH3 is 1. The smallest absolute Gasteiger partial charge is 0.311 e. The van der Waals surface area contributed by atoms with Gasteiger partial charge in [0.1, 0.15) is 34.8 Å². The molecule has 0 spiro atoms. The standard InChI is InChI=1S/C40H67NO14/c1-15-28-40(11,46)33(44)22(4)30-20(2)17-39(10,55-30)34(54-37-32(51-26(8)43)27(41(12)13)16-21(3)49-37)23(5)31(24(6)36(45)52-28)53-29-18-38(9,47-14)35(48-19-42)25(7)50-29/h19,21-25,27-29,31-35,37,44,46H,15-18H2,1-14H3/t21?,22-,23?,24?,25?,27?,28?,29?,31?,32+,33+,34+,35-,37?,38+,39-,40+/m0/s1. The SMILES string of the molecule is CCC1OC(=O)C(C)C(OC2C[C@@](C)(OC)[C@@H](OC=O)C(C)O2)C(C)[C@@H](OC2OC(C)CC(N(C)C)[C@H]2OC(C)=O)[C@]2(C)CC(C)=C(O2)[C@H](C)[C@@H](O)[C@]1(C)O. The highest BCUT2D eigenvalue weighted by Crippen LogP contribution is 2.47. The molecule has 4 aliphatic rings. The molecule has 4 rings (SSSR count). The second-order valence-corrected chi connectivity index (χ2v) is 17.1. The summed E-state index contributed by atoms with van der Waals surface area (Å²) < 4.78 is 56.8. The van der Waals surface area contributed by atoms with Crippen molar-refractivity contribution in [3.05, 3.63) is 11.3 Å². The van der Waals surface area contributed by atoms with Gasteiger partial charge in [-0.2, -0.15) is 0 Å². The van der Waals surface area contributed by atoms with Crippen LogP contribution in [0.3, 0.4) is 0 Å². The van der Waals surface area contributed by atoms with E-state index in [2.05, 4.69) is 0 Å². The first-order valence-electron chi connectivity index (χ1n) is 19.6. The number of ether oxygens (including phenoxy) is 9. The van der Waals surface area contributed by atoms with E-state index in [0.717, 1.165) is 5.57 Å². The Balaban J connectivity index is 1.88. The van der Waals surface area contributed by atoms with E-state index in [1.807, 2.05) is 46.7 Å². The number of aliphatic hydroxyl groups excluding tert-OH is 1. The van der Waals surface area contributed by atoms with Crippen LogP contribution in [0, 0.1) is 17.8 Å². The second-order valence-electron chi connectivity index (χ2n) is 17.1. The normalized spacial score (nSPS) is 45.8. The summed E-state index contributed by atoms with van der Waals surface area (Å²) in [6.07, 6.45) is -7.49. The van der Waals surface area contributed by atoms with E-state index in [1.165, 1.54) is 21.0 Å². The van der Waals surface area contributed by atoms with Gasteiger partial charge >= 0.3 is 11.9 Å². The topological polar surface area (TPSA) is 178 Å². The summed E-state index contributed by atoms with van der Waals surface area (Å²) in [6, 6.07) is -0.245. The van der Waals surface area contributed by atoms with E-state index >= 15 is 0 Å². The summed E-state index contributed by atoms with van der Waals surface area (Å²) in [5.74, 6) is -3.02. The average Bonchev–Trinajstić information content (AvgIpc) is 3.42. The van der Waals surface area contributed by atoms with Crippen molar-refractivity contribution >= 4 is 18.4 Å². The Morgan fingerprint density at radius 2 is 1.67 bits per heavy atom. The number of fused-ring (bicyclic) bond motifs is 2. The average molecular weight is 786 g/mol. The van der Waals surface area contributed by atoms with Crippen LogP contribution in [-0.4, -0.2) is 139 Å². The number of cyclic esters (lactones) is 1. The number of nitrogens with zero attached hydrogens (tertiary/aromatic N) is 1. The first kappa shape index (κ1) is 45.3. The Morgan fingerprint density at radius 3 is 2.24 bits per heavy atom. The molecule has 9 unspecified atom stereocenters. The van der Waals surface area contributed by atoms with Gasteiger partial charge in [0, 0.05) is 38.7 Å². The Bertz CT molecular complexity index is 1390. The summed E-state index contributed by atoms with van der Waals surface area (Å²) in [7, 11) is 5.33. The van der Waals surface area contributed by atoms with Crippen molar-refractivity contribution in [1.82, 2.24) is 4.90 Å². The molecule has 4 aliphatic heterocycles. The van der Waals surface area contributed by atoms with E-state index in [9.17, 15) is 24.6 Å². The van der Waals surface area contributed by atoms with Crippen molar-refractivity contribution < 1.29 is 67.2 Å². The Hall–Kier alpha value is -2.37. The number of rotatable bonds is 10. The quantitative estimate of drug-likeness (QED) is 0.186. The van der Waals surface area contributed by atoms with E-state index in [1.54, 1.807) is 34.6 Å². The molecular formula is C40H67NO14. The van der Waals surface area contributed by atoms with Crippen molar-refractivity contribution in [2.75, 3.05) is 21.2 Å². The maximum absolute atomic E-state index is 14.3. The lowest BCUT2D eigenvalue weighted by Crippen LogP contribution is -2.61. The lowest BCUT2D eigenvalue weighted by Gasteiger charge is -2.49. The molecule has 3 saturated heterocycles. The number of carbonyl (C=O) groups excluding carboxylic acids is 3. The maximum atomic E-state index is 14.3. The van der Waals surface area contributed by atoms with Gasteiger partial charge in [-0.3, -0.25) is 14.4 Å². The van der Waals surface area contributed by atoms with Gasteiger partial charge in [-0.1, -0.05) is 20.8 Å². The molecular weight excluding hydrogens is 718 g/mol. The van der Waals surface area contributed by atoms with E-state index in [0.29, 0.717) is 25.1 Å². The van der Waals surface area contributed by atoms with Crippen molar-refractivity contribution in [2.24, 2.45) is 17.8 Å². The number of hydrogen-bond donors (Lipinski definition) is 2. The van der Waals surface area contributed by atoms with Crippen LogP contribution >= 0.6 is 0 Å². The van der Waals surface area contributed by atoms with Gasteiger partial charge in [-0.15, -0.1) is 0 Å². The highest BCUT2D eigenvalue weighted by Gasteiger charge is 2.57. The Morgan fingerprint density at radius 1 is 1.02 bits per heavy atom. The zero-order valence-electron chi connectivity index (χ0n) is 35.2. The summed E-state index contributed by atoms with van der Waals surface area (Å²) >= 11 is 0. The van der Waals surface area contributed by atoms with Crippen molar-refractivity contribution in [3.63, 3.8) is 0 Å². The summed E-state index contributed by atoms with van der Waals surface area (Å²) in [6.45, 7) is 19.6. The van der Waals surface area contributed by atoms with E-state index < -0.39 is 102 Å². The predicted octanol–water partition coefficient (Wildman–Crippen LogP) is 3.64. The van der Waals surface area contributed by atoms with Crippen LogP contribution in [0.2, 0.25) is 0 Å².